The molecule has 3 rings (SSSR count). The summed E-state index contributed by atoms with van der Waals surface area (Å²) in [5.74, 6) is 0.587. The molecular formula is C18H21NO2S. The first kappa shape index (κ1) is 15.3. The van der Waals surface area contributed by atoms with E-state index in [9.17, 15) is 8.42 Å². The van der Waals surface area contributed by atoms with Gasteiger partial charge in [-0.25, -0.2) is 8.42 Å². The molecule has 0 N–H and O–H groups in total. The largest absolute Gasteiger partial charge is 0.243 e. The molecule has 2 atom stereocenters. The van der Waals surface area contributed by atoms with Crippen LogP contribution in [0.25, 0.3) is 0 Å². The first-order chi connectivity index (χ1) is 10.5. The van der Waals surface area contributed by atoms with Crippen LogP contribution in [0.4, 0.5) is 0 Å². The van der Waals surface area contributed by atoms with Gasteiger partial charge in [0.05, 0.1) is 4.90 Å². The van der Waals surface area contributed by atoms with E-state index in [-0.39, 0.29) is 5.92 Å². The highest BCUT2D eigenvalue weighted by Crippen LogP contribution is 2.35. The third-order valence-electron chi connectivity index (χ3n) is 4.47. The molecule has 0 spiro atoms. The lowest BCUT2D eigenvalue weighted by Gasteiger charge is -2.17. The quantitative estimate of drug-likeness (QED) is 0.870. The van der Waals surface area contributed by atoms with E-state index in [0.717, 1.165) is 5.56 Å². The van der Waals surface area contributed by atoms with Crippen molar-refractivity contribution in [1.82, 2.24) is 4.31 Å². The molecule has 1 fully saturated rings. The van der Waals surface area contributed by atoms with Crippen molar-refractivity contribution >= 4 is 10.0 Å². The van der Waals surface area contributed by atoms with E-state index in [1.165, 1.54) is 5.56 Å². The molecule has 0 saturated carbocycles. The maximum absolute atomic E-state index is 12.8. The van der Waals surface area contributed by atoms with Gasteiger partial charge in [0.1, 0.15) is 0 Å². The number of benzene rings is 2. The van der Waals surface area contributed by atoms with Crippen molar-refractivity contribution in [2.45, 2.75) is 24.7 Å². The maximum Gasteiger partial charge on any atom is 0.243 e. The number of sulfonamides is 1. The van der Waals surface area contributed by atoms with Gasteiger partial charge in [0, 0.05) is 19.0 Å². The molecule has 1 aliphatic heterocycles. The molecule has 0 amide bonds. The minimum atomic E-state index is -3.40. The standard InChI is InChI=1S/C18H21NO2S/c1-14-8-10-17(11-9-14)22(20,21)19-12-15(2)18(13-19)16-6-4-3-5-7-16/h3-11,15,18H,12-13H2,1-2H3/t15-,18+/m0/s1. The molecule has 2 aromatic rings. The normalized spacial score (nSPS) is 22.8. The highest BCUT2D eigenvalue weighted by atomic mass is 32.2. The molecule has 0 aromatic heterocycles. The van der Waals surface area contributed by atoms with Gasteiger partial charge >= 0.3 is 0 Å². The number of aryl methyl sites for hydroxylation is 1. The molecule has 116 valence electrons. The van der Waals surface area contributed by atoms with Crippen molar-refractivity contribution in [3.05, 3.63) is 65.7 Å². The minimum Gasteiger partial charge on any atom is -0.207 e. The van der Waals surface area contributed by atoms with Crippen LogP contribution in [0.1, 0.15) is 24.0 Å². The molecule has 22 heavy (non-hydrogen) atoms. The number of hydrogen-bond donors (Lipinski definition) is 0. The summed E-state index contributed by atoms with van der Waals surface area (Å²) in [7, 11) is -3.40. The molecule has 0 radical (unpaired) electrons. The summed E-state index contributed by atoms with van der Waals surface area (Å²) in [5.41, 5.74) is 2.28. The Morgan fingerprint density at radius 1 is 0.955 bits per heavy atom. The van der Waals surface area contributed by atoms with E-state index in [4.69, 9.17) is 0 Å². The fourth-order valence-corrected chi connectivity index (χ4v) is 4.68. The number of rotatable bonds is 3. The second-order valence-corrected chi connectivity index (χ2v) is 8.07. The van der Waals surface area contributed by atoms with Crippen LogP contribution in [0.3, 0.4) is 0 Å². The predicted molar refractivity (Wildman–Crippen MR) is 88.3 cm³/mol. The average molecular weight is 315 g/mol. The molecule has 4 heteroatoms. The molecule has 0 unspecified atom stereocenters. The van der Waals surface area contributed by atoms with E-state index in [2.05, 4.69) is 19.1 Å². The van der Waals surface area contributed by atoms with Crippen molar-refractivity contribution in [3.8, 4) is 0 Å². The van der Waals surface area contributed by atoms with Gasteiger partial charge in [-0.05, 0) is 30.5 Å². The van der Waals surface area contributed by atoms with Crippen LogP contribution in [0, 0.1) is 12.8 Å². The summed E-state index contributed by atoms with van der Waals surface area (Å²) in [5, 5.41) is 0. The summed E-state index contributed by atoms with van der Waals surface area (Å²) in [4.78, 5) is 0.388. The Labute approximate surface area is 132 Å². The highest BCUT2D eigenvalue weighted by molar-refractivity contribution is 7.89. The topological polar surface area (TPSA) is 37.4 Å². The van der Waals surface area contributed by atoms with E-state index in [1.807, 2.05) is 37.3 Å². The SMILES string of the molecule is Cc1ccc(S(=O)(=O)N2C[C@H](C)[C@H](c3ccccc3)C2)cc1. The lowest BCUT2D eigenvalue weighted by Crippen LogP contribution is -2.29. The molecule has 0 aliphatic carbocycles. The van der Waals surface area contributed by atoms with E-state index in [0.29, 0.717) is 23.9 Å². The lowest BCUT2D eigenvalue weighted by atomic mass is 9.90. The van der Waals surface area contributed by atoms with Crippen molar-refractivity contribution in [2.75, 3.05) is 13.1 Å². The van der Waals surface area contributed by atoms with E-state index in [1.54, 1.807) is 16.4 Å². The van der Waals surface area contributed by atoms with Crippen molar-refractivity contribution in [3.63, 3.8) is 0 Å². The third kappa shape index (κ3) is 2.81. The van der Waals surface area contributed by atoms with Crippen LogP contribution in [0.2, 0.25) is 0 Å². The third-order valence-corrected chi connectivity index (χ3v) is 6.31. The van der Waals surface area contributed by atoms with Gasteiger partial charge < -0.3 is 0 Å². The van der Waals surface area contributed by atoms with Gasteiger partial charge in [-0.2, -0.15) is 4.31 Å². The summed E-state index contributed by atoms with van der Waals surface area (Å²) < 4.78 is 27.2. The van der Waals surface area contributed by atoms with Gasteiger partial charge in [-0.3, -0.25) is 0 Å². The second kappa shape index (κ2) is 5.86. The van der Waals surface area contributed by atoms with Crippen LogP contribution >= 0.6 is 0 Å². The predicted octanol–water partition coefficient (Wildman–Crippen LogP) is 3.42. The van der Waals surface area contributed by atoms with Gasteiger partial charge in [-0.1, -0.05) is 55.0 Å². The Balaban J connectivity index is 1.86. The van der Waals surface area contributed by atoms with Crippen LogP contribution in [-0.2, 0) is 10.0 Å². The Kier molecular flexibility index (Phi) is 4.06. The minimum absolute atomic E-state index is 0.265. The van der Waals surface area contributed by atoms with Crippen LogP contribution < -0.4 is 0 Å². The molecule has 1 aliphatic rings. The Morgan fingerprint density at radius 3 is 2.23 bits per heavy atom. The van der Waals surface area contributed by atoms with Crippen LogP contribution in [-0.4, -0.2) is 25.8 Å². The Bertz CT molecular complexity index is 738. The fraction of sp³-hybridized carbons (Fsp3) is 0.333. The molecule has 2 aromatic carbocycles. The van der Waals surface area contributed by atoms with Gasteiger partial charge in [0.15, 0.2) is 0 Å². The summed E-state index contributed by atoms with van der Waals surface area (Å²) in [6, 6.07) is 17.3. The Hall–Kier alpha value is -1.65. The zero-order valence-electron chi connectivity index (χ0n) is 12.9. The molecular weight excluding hydrogens is 294 g/mol. The average Bonchev–Trinajstić information content (AvgIpc) is 2.91. The zero-order chi connectivity index (χ0) is 15.7. The fourth-order valence-electron chi connectivity index (χ4n) is 3.11. The maximum atomic E-state index is 12.8. The molecule has 1 heterocycles. The van der Waals surface area contributed by atoms with Crippen LogP contribution in [0.5, 0.6) is 0 Å². The molecule has 3 nitrogen and oxygen atoms in total. The van der Waals surface area contributed by atoms with E-state index < -0.39 is 10.0 Å². The van der Waals surface area contributed by atoms with Gasteiger partial charge in [0.2, 0.25) is 10.0 Å². The number of hydrogen-bond acceptors (Lipinski definition) is 2. The molecule has 0 bridgehead atoms. The van der Waals surface area contributed by atoms with Crippen molar-refractivity contribution in [1.29, 1.82) is 0 Å². The first-order valence-corrected chi connectivity index (χ1v) is 9.04. The summed E-state index contributed by atoms with van der Waals surface area (Å²) in [6.07, 6.45) is 0. The van der Waals surface area contributed by atoms with Gasteiger partial charge in [-0.15, -0.1) is 0 Å². The zero-order valence-corrected chi connectivity index (χ0v) is 13.8. The monoisotopic (exact) mass is 315 g/mol. The molecule has 1 saturated heterocycles. The lowest BCUT2D eigenvalue weighted by molar-refractivity contribution is 0.464. The van der Waals surface area contributed by atoms with Crippen molar-refractivity contribution < 1.29 is 8.42 Å². The smallest absolute Gasteiger partial charge is 0.207 e. The van der Waals surface area contributed by atoms with Crippen molar-refractivity contribution in [2.24, 2.45) is 5.92 Å². The van der Waals surface area contributed by atoms with Crippen LogP contribution in [0.15, 0.2) is 59.5 Å². The number of nitrogens with zero attached hydrogens (tertiary/aromatic N) is 1. The second-order valence-electron chi connectivity index (χ2n) is 6.13. The summed E-state index contributed by atoms with van der Waals surface area (Å²) >= 11 is 0. The highest BCUT2D eigenvalue weighted by Gasteiger charge is 2.37. The summed E-state index contributed by atoms with van der Waals surface area (Å²) in [6.45, 7) is 5.22. The van der Waals surface area contributed by atoms with E-state index >= 15 is 0 Å². The van der Waals surface area contributed by atoms with Gasteiger partial charge in [0.25, 0.3) is 0 Å². The first-order valence-electron chi connectivity index (χ1n) is 7.60. The Morgan fingerprint density at radius 2 is 1.59 bits per heavy atom.